The van der Waals surface area contributed by atoms with Crippen molar-refractivity contribution in [2.24, 2.45) is 0 Å². The molecule has 2 N–H and O–H groups in total. The summed E-state index contributed by atoms with van der Waals surface area (Å²) < 4.78 is 18.5. The second-order valence-electron chi connectivity index (χ2n) is 6.53. The summed E-state index contributed by atoms with van der Waals surface area (Å²) >= 11 is 0. The predicted molar refractivity (Wildman–Crippen MR) is 82.2 cm³/mol. The van der Waals surface area contributed by atoms with Crippen molar-refractivity contribution in [1.82, 2.24) is 5.32 Å². The van der Waals surface area contributed by atoms with Crippen molar-refractivity contribution in [3.8, 4) is 5.75 Å². The molecule has 0 unspecified atom stereocenters. The molecule has 1 fully saturated rings. The Morgan fingerprint density at radius 3 is 2.45 bits per heavy atom. The number of carbonyl (C=O) groups excluding carboxylic acids is 1. The Morgan fingerprint density at radius 2 is 1.86 bits per heavy atom. The topological polar surface area (TPSA) is 58.6 Å². The van der Waals surface area contributed by atoms with E-state index in [0.717, 1.165) is 19.3 Å². The number of benzene rings is 1. The zero-order valence-corrected chi connectivity index (χ0v) is 13.2. The summed E-state index contributed by atoms with van der Waals surface area (Å²) in [6.45, 7) is 3.54. The van der Waals surface area contributed by atoms with Crippen molar-refractivity contribution in [2.45, 2.75) is 57.2 Å². The average Bonchev–Trinajstić information content (AvgIpc) is 2.48. The molecule has 4 nitrogen and oxygen atoms in total. The van der Waals surface area contributed by atoms with Crippen molar-refractivity contribution in [1.29, 1.82) is 0 Å². The van der Waals surface area contributed by atoms with Crippen molar-refractivity contribution in [3.63, 3.8) is 0 Å². The molecule has 1 aliphatic carbocycles. The third kappa shape index (κ3) is 4.44. The first-order valence-electron chi connectivity index (χ1n) is 7.76. The number of aliphatic hydroxyl groups is 1. The average molecular weight is 309 g/mol. The maximum absolute atomic E-state index is 12.9. The van der Waals surface area contributed by atoms with Gasteiger partial charge in [-0.2, -0.15) is 0 Å². The van der Waals surface area contributed by atoms with Crippen molar-refractivity contribution in [2.75, 3.05) is 6.54 Å². The van der Waals surface area contributed by atoms with E-state index in [1.165, 1.54) is 24.3 Å². The molecule has 0 bridgehead atoms. The summed E-state index contributed by atoms with van der Waals surface area (Å²) in [7, 11) is 0. The molecule has 122 valence electrons. The van der Waals surface area contributed by atoms with Crippen LogP contribution in [-0.4, -0.2) is 28.8 Å². The van der Waals surface area contributed by atoms with E-state index in [9.17, 15) is 14.3 Å². The number of hydrogen-bond acceptors (Lipinski definition) is 3. The van der Waals surface area contributed by atoms with Gasteiger partial charge < -0.3 is 15.2 Å². The fraction of sp³-hybridized carbons (Fsp3) is 0.588. The van der Waals surface area contributed by atoms with Crippen LogP contribution in [-0.2, 0) is 4.79 Å². The van der Waals surface area contributed by atoms with E-state index in [0.29, 0.717) is 18.6 Å². The minimum Gasteiger partial charge on any atom is -0.478 e. The smallest absolute Gasteiger partial charge is 0.263 e. The van der Waals surface area contributed by atoms with Gasteiger partial charge in [-0.25, -0.2) is 4.39 Å². The molecule has 0 aliphatic heterocycles. The van der Waals surface area contributed by atoms with Crippen LogP contribution in [0.1, 0.15) is 46.0 Å². The number of carbonyl (C=O) groups is 1. The van der Waals surface area contributed by atoms with Crippen molar-refractivity contribution in [3.05, 3.63) is 30.1 Å². The summed E-state index contributed by atoms with van der Waals surface area (Å²) in [4.78, 5) is 12.3. The fourth-order valence-corrected chi connectivity index (χ4v) is 2.69. The molecule has 1 aromatic rings. The van der Waals surface area contributed by atoms with Crippen LogP contribution in [0.3, 0.4) is 0 Å². The third-order valence-electron chi connectivity index (χ3n) is 4.10. The molecule has 1 aliphatic rings. The van der Waals surface area contributed by atoms with Gasteiger partial charge in [0, 0.05) is 6.54 Å². The van der Waals surface area contributed by atoms with E-state index in [1.54, 1.807) is 13.8 Å². The highest BCUT2D eigenvalue weighted by atomic mass is 19.1. The van der Waals surface area contributed by atoms with Gasteiger partial charge in [-0.3, -0.25) is 4.79 Å². The zero-order valence-electron chi connectivity index (χ0n) is 13.2. The lowest BCUT2D eigenvalue weighted by atomic mass is 9.85. The summed E-state index contributed by atoms with van der Waals surface area (Å²) in [6, 6.07) is 5.54. The molecular weight excluding hydrogens is 285 g/mol. The monoisotopic (exact) mass is 309 g/mol. The quantitative estimate of drug-likeness (QED) is 0.879. The summed E-state index contributed by atoms with van der Waals surface area (Å²) in [6.07, 6.45) is 4.54. The summed E-state index contributed by atoms with van der Waals surface area (Å²) in [5.74, 6) is -0.220. The molecule has 2 rings (SSSR count). The summed E-state index contributed by atoms with van der Waals surface area (Å²) in [5.41, 5.74) is -1.90. The van der Waals surface area contributed by atoms with Gasteiger partial charge >= 0.3 is 0 Å². The minimum absolute atomic E-state index is 0.238. The third-order valence-corrected chi connectivity index (χ3v) is 4.10. The number of nitrogens with one attached hydrogen (secondary N) is 1. The van der Waals surface area contributed by atoms with Gasteiger partial charge in [-0.1, -0.05) is 19.3 Å². The standard InChI is InChI=1S/C17H24FNO3/c1-16(2,22-14-8-6-13(18)7-9-14)15(20)19-12-17(21)10-4-3-5-11-17/h6-9,21H,3-5,10-12H2,1-2H3,(H,19,20). The normalized spacial score (nSPS) is 17.8. The van der Waals surface area contributed by atoms with Gasteiger partial charge in [-0.15, -0.1) is 0 Å². The molecule has 0 radical (unpaired) electrons. The zero-order chi connectivity index (χ0) is 16.2. The van der Waals surface area contributed by atoms with Crippen LogP contribution in [0.4, 0.5) is 4.39 Å². The molecule has 0 spiro atoms. The maximum atomic E-state index is 12.9. The van der Waals surface area contributed by atoms with Crippen molar-refractivity contribution >= 4 is 5.91 Å². The van der Waals surface area contributed by atoms with E-state index in [4.69, 9.17) is 4.74 Å². The number of rotatable bonds is 5. The molecule has 1 amide bonds. The van der Waals surface area contributed by atoms with Gasteiger partial charge in [-0.05, 0) is 51.0 Å². The lowest BCUT2D eigenvalue weighted by molar-refractivity contribution is -0.135. The van der Waals surface area contributed by atoms with E-state index >= 15 is 0 Å². The molecule has 0 saturated heterocycles. The SMILES string of the molecule is CC(C)(Oc1ccc(F)cc1)C(=O)NCC1(O)CCCCC1. The van der Waals surface area contributed by atoms with E-state index in [1.807, 2.05) is 0 Å². The first-order valence-corrected chi connectivity index (χ1v) is 7.76. The van der Waals surface area contributed by atoms with Crippen LogP contribution in [0.2, 0.25) is 0 Å². The molecular formula is C17H24FNO3. The lowest BCUT2D eigenvalue weighted by Crippen LogP contribution is -2.52. The lowest BCUT2D eigenvalue weighted by Gasteiger charge is -2.33. The highest BCUT2D eigenvalue weighted by Crippen LogP contribution is 2.27. The molecule has 1 aromatic carbocycles. The maximum Gasteiger partial charge on any atom is 0.263 e. The van der Waals surface area contributed by atoms with Crippen LogP contribution >= 0.6 is 0 Å². The number of hydrogen-bond donors (Lipinski definition) is 2. The Hall–Kier alpha value is -1.62. The Labute approximate surface area is 130 Å². The van der Waals surface area contributed by atoms with Gasteiger partial charge in [0.25, 0.3) is 5.91 Å². The molecule has 0 atom stereocenters. The molecule has 1 saturated carbocycles. The Balaban J connectivity index is 1.90. The van der Waals surface area contributed by atoms with Crippen LogP contribution in [0, 0.1) is 5.82 Å². The van der Waals surface area contributed by atoms with Crippen LogP contribution in [0.25, 0.3) is 0 Å². The Kier molecular flexibility index (Phi) is 5.06. The minimum atomic E-state index is -1.09. The first kappa shape index (κ1) is 16.7. The van der Waals surface area contributed by atoms with Crippen LogP contribution < -0.4 is 10.1 Å². The van der Waals surface area contributed by atoms with Gasteiger partial charge in [0.1, 0.15) is 11.6 Å². The highest BCUT2D eigenvalue weighted by molar-refractivity contribution is 5.84. The van der Waals surface area contributed by atoms with E-state index in [-0.39, 0.29) is 18.3 Å². The Morgan fingerprint density at radius 1 is 1.27 bits per heavy atom. The molecule has 5 heteroatoms. The van der Waals surface area contributed by atoms with Crippen LogP contribution in [0.15, 0.2) is 24.3 Å². The van der Waals surface area contributed by atoms with E-state index < -0.39 is 11.2 Å². The molecule has 22 heavy (non-hydrogen) atoms. The van der Waals surface area contributed by atoms with Crippen molar-refractivity contribution < 1.29 is 19.0 Å². The van der Waals surface area contributed by atoms with Crippen LogP contribution in [0.5, 0.6) is 5.75 Å². The molecule has 0 heterocycles. The first-order chi connectivity index (χ1) is 10.3. The number of ether oxygens (including phenoxy) is 1. The number of amides is 1. The predicted octanol–water partition coefficient (Wildman–Crippen LogP) is 2.79. The second kappa shape index (κ2) is 6.65. The largest absolute Gasteiger partial charge is 0.478 e. The van der Waals surface area contributed by atoms with Gasteiger partial charge in [0.2, 0.25) is 0 Å². The molecule has 0 aromatic heterocycles. The fourth-order valence-electron chi connectivity index (χ4n) is 2.69. The van der Waals surface area contributed by atoms with E-state index in [2.05, 4.69) is 5.32 Å². The number of halogens is 1. The Bertz CT molecular complexity index is 507. The second-order valence-corrected chi connectivity index (χ2v) is 6.53. The summed E-state index contributed by atoms with van der Waals surface area (Å²) in [5, 5.41) is 13.2. The van der Waals surface area contributed by atoms with Gasteiger partial charge in [0.05, 0.1) is 5.60 Å². The van der Waals surface area contributed by atoms with Gasteiger partial charge in [0.15, 0.2) is 5.60 Å². The highest BCUT2D eigenvalue weighted by Gasteiger charge is 2.34.